The Hall–Kier alpha value is -3.48. The first-order valence-corrected chi connectivity index (χ1v) is 10.2. The van der Waals surface area contributed by atoms with Gasteiger partial charge >= 0.3 is 5.97 Å². The highest BCUT2D eigenvalue weighted by Gasteiger charge is 2.17. The average Bonchev–Trinajstić information content (AvgIpc) is 3.21. The molecule has 7 nitrogen and oxygen atoms in total. The van der Waals surface area contributed by atoms with Crippen LogP contribution in [0.1, 0.15) is 41.1 Å². The molecule has 154 valence electrons. The van der Waals surface area contributed by atoms with Gasteiger partial charge < -0.3 is 10.4 Å². The van der Waals surface area contributed by atoms with Crippen LogP contribution >= 0.6 is 0 Å². The van der Waals surface area contributed by atoms with Crippen LogP contribution in [0.3, 0.4) is 0 Å². The number of nitrogens with zero attached hydrogens (tertiary/aromatic N) is 4. The summed E-state index contributed by atoms with van der Waals surface area (Å²) in [4.78, 5) is 20.1. The minimum atomic E-state index is -0.830. The number of aryl methyl sites for hydroxylation is 1. The summed E-state index contributed by atoms with van der Waals surface area (Å²) in [5.41, 5.74) is 4.20. The maximum Gasteiger partial charge on any atom is 0.304 e. The average molecular weight is 403 g/mol. The number of anilines is 1. The van der Waals surface area contributed by atoms with Gasteiger partial charge in [0.15, 0.2) is 0 Å². The van der Waals surface area contributed by atoms with E-state index < -0.39 is 5.97 Å². The van der Waals surface area contributed by atoms with E-state index >= 15 is 0 Å². The molecule has 1 atom stereocenters. The molecule has 30 heavy (non-hydrogen) atoms. The van der Waals surface area contributed by atoms with Gasteiger partial charge in [-0.1, -0.05) is 24.3 Å². The third-order valence-electron chi connectivity index (χ3n) is 5.23. The van der Waals surface area contributed by atoms with E-state index in [-0.39, 0.29) is 12.3 Å². The molecule has 1 aliphatic heterocycles. The van der Waals surface area contributed by atoms with Crippen molar-refractivity contribution in [1.29, 1.82) is 0 Å². The lowest BCUT2D eigenvalue weighted by atomic mass is 9.97. The number of hydrogen-bond donors (Lipinski definition) is 2. The normalized spacial score (nSPS) is 14.3. The maximum atomic E-state index is 11.3. The standard InChI is InChI=1S/C23H25N5O2/c29-22(30)12-20(19-6-2-10-24-14-19)16-28-15-17(13-26-28)4-1-7-21-9-8-18-5-3-11-25-23(18)27-21/h1-2,4,6,8-10,13-15,20H,3,5,7,11-12,16H2,(H,25,27)(H,29,30). The first-order chi connectivity index (χ1) is 14.7. The molecule has 4 rings (SSSR count). The summed E-state index contributed by atoms with van der Waals surface area (Å²) >= 11 is 0. The molecule has 0 aliphatic carbocycles. The number of rotatable bonds is 8. The number of carboxylic acid groups (broad SMARTS) is 1. The summed E-state index contributed by atoms with van der Waals surface area (Å²) in [6.07, 6.45) is 14.3. The number of carbonyl (C=O) groups is 1. The van der Waals surface area contributed by atoms with E-state index in [4.69, 9.17) is 4.98 Å². The zero-order chi connectivity index (χ0) is 20.8. The van der Waals surface area contributed by atoms with Gasteiger partial charge in [0.1, 0.15) is 5.82 Å². The molecule has 1 unspecified atom stereocenters. The molecule has 1 aliphatic rings. The van der Waals surface area contributed by atoms with Gasteiger partial charge in [-0.3, -0.25) is 14.5 Å². The Kier molecular flexibility index (Phi) is 6.17. The van der Waals surface area contributed by atoms with Crippen molar-refractivity contribution in [3.63, 3.8) is 0 Å². The summed E-state index contributed by atoms with van der Waals surface area (Å²) in [6.45, 7) is 1.48. The van der Waals surface area contributed by atoms with E-state index in [0.717, 1.165) is 48.4 Å². The summed E-state index contributed by atoms with van der Waals surface area (Å²) in [6, 6.07) is 7.98. The lowest BCUT2D eigenvalue weighted by Crippen LogP contribution is -2.14. The molecule has 7 heteroatoms. The van der Waals surface area contributed by atoms with Crippen molar-refractivity contribution >= 4 is 17.9 Å². The Labute approximate surface area is 175 Å². The molecule has 0 fully saturated rings. The monoisotopic (exact) mass is 403 g/mol. The van der Waals surface area contributed by atoms with Crippen LogP contribution in [0.25, 0.3) is 6.08 Å². The van der Waals surface area contributed by atoms with Gasteiger partial charge in [-0.15, -0.1) is 0 Å². The first-order valence-electron chi connectivity index (χ1n) is 10.2. The van der Waals surface area contributed by atoms with Crippen LogP contribution < -0.4 is 5.32 Å². The number of allylic oxidation sites excluding steroid dienone is 1. The summed E-state index contributed by atoms with van der Waals surface area (Å²) in [5, 5.41) is 17.0. The quantitative estimate of drug-likeness (QED) is 0.598. The number of pyridine rings is 2. The van der Waals surface area contributed by atoms with Crippen molar-refractivity contribution in [2.24, 2.45) is 0 Å². The lowest BCUT2D eigenvalue weighted by Gasteiger charge is -2.17. The van der Waals surface area contributed by atoms with Gasteiger partial charge in [0.25, 0.3) is 0 Å². The SMILES string of the molecule is O=C(O)CC(Cn1cc(C=CCc2ccc3c(n2)NCCC3)cn1)c1cccnc1. The van der Waals surface area contributed by atoms with Crippen LogP contribution in [-0.2, 0) is 24.2 Å². The second-order valence-electron chi connectivity index (χ2n) is 7.52. The lowest BCUT2D eigenvalue weighted by molar-refractivity contribution is -0.137. The summed E-state index contributed by atoms with van der Waals surface area (Å²) in [7, 11) is 0. The van der Waals surface area contributed by atoms with E-state index in [1.165, 1.54) is 5.56 Å². The minimum Gasteiger partial charge on any atom is -0.481 e. The maximum absolute atomic E-state index is 11.3. The Bertz CT molecular complexity index is 1030. The van der Waals surface area contributed by atoms with E-state index in [1.807, 2.05) is 24.4 Å². The van der Waals surface area contributed by atoms with Gasteiger partial charge in [-0.05, 0) is 36.1 Å². The van der Waals surface area contributed by atoms with E-state index in [0.29, 0.717) is 6.54 Å². The highest BCUT2D eigenvalue weighted by atomic mass is 16.4. The van der Waals surface area contributed by atoms with E-state index in [9.17, 15) is 9.90 Å². The second kappa shape index (κ2) is 9.35. The molecule has 3 aromatic rings. The molecule has 0 bridgehead atoms. The van der Waals surface area contributed by atoms with Crippen molar-refractivity contribution in [3.8, 4) is 0 Å². The second-order valence-corrected chi connectivity index (χ2v) is 7.52. The van der Waals surface area contributed by atoms with Crippen LogP contribution in [0.15, 0.2) is 55.1 Å². The van der Waals surface area contributed by atoms with Crippen molar-refractivity contribution in [2.45, 2.75) is 38.1 Å². The highest BCUT2D eigenvalue weighted by Crippen LogP contribution is 2.22. The zero-order valence-electron chi connectivity index (χ0n) is 16.7. The third-order valence-corrected chi connectivity index (χ3v) is 5.23. The van der Waals surface area contributed by atoms with Crippen LogP contribution in [0, 0.1) is 0 Å². The smallest absolute Gasteiger partial charge is 0.304 e. The molecule has 0 spiro atoms. The highest BCUT2D eigenvalue weighted by molar-refractivity contribution is 5.68. The van der Waals surface area contributed by atoms with E-state index in [1.54, 1.807) is 23.3 Å². The van der Waals surface area contributed by atoms with Crippen LogP contribution in [0.4, 0.5) is 5.82 Å². The molecule has 2 N–H and O–H groups in total. The van der Waals surface area contributed by atoms with Gasteiger partial charge in [0.2, 0.25) is 0 Å². The number of nitrogens with one attached hydrogen (secondary N) is 1. The van der Waals surface area contributed by atoms with Crippen molar-refractivity contribution < 1.29 is 9.90 Å². The number of hydrogen-bond acceptors (Lipinski definition) is 5. The van der Waals surface area contributed by atoms with Gasteiger partial charge in [0, 0.05) is 55.3 Å². The number of fused-ring (bicyclic) bond motifs is 1. The molecule has 0 aromatic carbocycles. The molecule has 0 saturated carbocycles. The summed E-state index contributed by atoms with van der Waals surface area (Å²) in [5.74, 6) is 0.00290. The number of aliphatic carboxylic acids is 1. The number of aromatic nitrogens is 4. The Balaban J connectivity index is 1.39. The topological polar surface area (TPSA) is 92.9 Å². The van der Waals surface area contributed by atoms with Gasteiger partial charge in [-0.25, -0.2) is 4.98 Å². The Morgan fingerprint density at radius 1 is 1.30 bits per heavy atom. The molecule has 0 saturated heterocycles. The largest absolute Gasteiger partial charge is 0.481 e. The minimum absolute atomic E-state index is 0.0365. The fourth-order valence-electron chi connectivity index (χ4n) is 3.71. The zero-order valence-corrected chi connectivity index (χ0v) is 16.7. The molecular formula is C23H25N5O2. The van der Waals surface area contributed by atoms with Crippen molar-refractivity contribution in [1.82, 2.24) is 19.7 Å². The molecule has 0 amide bonds. The predicted molar refractivity (Wildman–Crippen MR) is 115 cm³/mol. The fraction of sp³-hybridized carbons (Fsp3) is 0.304. The van der Waals surface area contributed by atoms with Gasteiger partial charge in [0.05, 0.1) is 12.6 Å². The van der Waals surface area contributed by atoms with Crippen LogP contribution in [0.5, 0.6) is 0 Å². The molecular weight excluding hydrogens is 378 g/mol. The Morgan fingerprint density at radius 3 is 3.07 bits per heavy atom. The number of carboxylic acids is 1. The van der Waals surface area contributed by atoms with Crippen LogP contribution in [0.2, 0.25) is 0 Å². The predicted octanol–water partition coefficient (Wildman–Crippen LogP) is 3.55. The van der Waals surface area contributed by atoms with Crippen LogP contribution in [-0.4, -0.2) is 37.4 Å². The van der Waals surface area contributed by atoms with Gasteiger partial charge in [-0.2, -0.15) is 5.10 Å². The Morgan fingerprint density at radius 2 is 2.23 bits per heavy atom. The third kappa shape index (κ3) is 5.11. The summed E-state index contributed by atoms with van der Waals surface area (Å²) < 4.78 is 1.79. The molecule has 3 aromatic heterocycles. The molecule has 0 radical (unpaired) electrons. The fourth-order valence-corrected chi connectivity index (χ4v) is 3.71. The van der Waals surface area contributed by atoms with Crippen molar-refractivity contribution in [2.75, 3.05) is 11.9 Å². The molecule has 4 heterocycles. The van der Waals surface area contributed by atoms with E-state index in [2.05, 4.69) is 33.6 Å². The van der Waals surface area contributed by atoms with Crippen molar-refractivity contribution in [3.05, 3.63) is 77.5 Å². The first kappa shape index (κ1) is 19.8.